The van der Waals surface area contributed by atoms with E-state index >= 15 is 0 Å². The molecule has 27 heavy (non-hydrogen) atoms. The lowest BCUT2D eigenvalue weighted by atomic mass is 9.64. The van der Waals surface area contributed by atoms with Gasteiger partial charge >= 0.3 is 0 Å². The van der Waals surface area contributed by atoms with Crippen LogP contribution < -0.4 is 0 Å². The van der Waals surface area contributed by atoms with Crippen LogP contribution in [-0.4, -0.2) is 48.6 Å². The summed E-state index contributed by atoms with van der Waals surface area (Å²) in [6, 6.07) is 0. The van der Waals surface area contributed by atoms with Crippen molar-refractivity contribution >= 4 is 18.4 Å². The third-order valence-electron chi connectivity index (χ3n) is 7.69. The van der Waals surface area contributed by atoms with Crippen molar-refractivity contribution in [3.05, 3.63) is 0 Å². The number of ether oxygens (including phenoxy) is 3. The number of Topliss-reactive ketones (excluding diaryl/α,β-unsaturated/α-hetero) is 1. The molecule has 4 fully saturated rings. The SMILES string of the molecule is C[C@]1(CC=O)[C@H]([C@@]23CC[C@@](CCCC=O)(CC(=O)C2)O3)CCC12OCCO2. The van der Waals surface area contributed by atoms with Gasteiger partial charge in [-0.2, -0.15) is 0 Å². The molecule has 1 saturated carbocycles. The monoisotopic (exact) mass is 378 g/mol. The summed E-state index contributed by atoms with van der Waals surface area (Å²) in [5, 5.41) is 0. The van der Waals surface area contributed by atoms with Crippen molar-refractivity contribution in [1.82, 2.24) is 0 Å². The second kappa shape index (κ2) is 6.75. The molecule has 0 radical (unpaired) electrons. The number of unbranched alkanes of at least 4 members (excludes halogenated alkanes) is 1. The molecular weight excluding hydrogens is 348 g/mol. The molecule has 0 aromatic heterocycles. The van der Waals surface area contributed by atoms with Gasteiger partial charge in [0.15, 0.2) is 5.79 Å². The number of carbonyl (C=O) groups is 3. The molecule has 0 aromatic carbocycles. The average molecular weight is 378 g/mol. The number of hydrogen-bond acceptors (Lipinski definition) is 6. The Bertz CT molecular complexity index is 626. The normalized spacial score (nSPS) is 42.7. The molecule has 1 aliphatic carbocycles. The van der Waals surface area contributed by atoms with Gasteiger partial charge in [-0.1, -0.05) is 6.92 Å². The third-order valence-corrected chi connectivity index (χ3v) is 7.69. The van der Waals surface area contributed by atoms with E-state index in [9.17, 15) is 14.4 Å². The molecule has 4 rings (SSSR count). The first-order chi connectivity index (χ1) is 12.9. The Hall–Kier alpha value is -1.11. The molecule has 2 bridgehead atoms. The van der Waals surface area contributed by atoms with E-state index in [2.05, 4.69) is 6.92 Å². The van der Waals surface area contributed by atoms with Crippen LogP contribution in [0, 0.1) is 11.3 Å². The Morgan fingerprint density at radius 2 is 1.85 bits per heavy atom. The Kier molecular flexibility index (Phi) is 4.80. The van der Waals surface area contributed by atoms with Gasteiger partial charge in [-0.3, -0.25) is 4.79 Å². The lowest BCUT2D eigenvalue weighted by Gasteiger charge is -2.50. The predicted octanol–water partition coefficient (Wildman–Crippen LogP) is 2.75. The summed E-state index contributed by atoms with van der Waals surface area (Å²) >= 11 is 0. The van der Waals surface area contributed by atoms with E-state index in [0.717, 1.165) is 51.1 Å². The van der Waals surface area contributed by atoms with Crippen molar-refractivity contribution in [3.63, 3.8) is 0 Å². The van der Waals surface area contributed by atoms with Gasteiger partial charge in [-0.25, -0.2) is 0 Å². The first-order valence-electron chi connectivity index (χ1n) is 10.3. The van der Waals surface area contributed by atoms with Gasteiger partial charge in [0.25, 0.3) is 0 Å². The zero-order chi connectivity index (χ0) is 19.2. The molecule has 150 valence electrons. The van der Waals surface area contributed by atoms with E-state index in [4.69, 9.17) is 14.2 Å². The molecule has 3 aliphatic heterocycles. The maximum absolute atomic E-state index is 12.7. The highest BCUT2D eigenvalue weighted by molar-refractivity contribution is 5.82. The lowest BCUT2D eigenvalue weighted by molar-refractivity contribution is -0.249. The minimum absolute atomic E-state index is 0.0468. The molecular formula is C21H30O6. The summed E-state index contributed by atoms with van der Waals surface area (Å²) in [4.78, 5) is 35.0. The van der Waals surface area contributed by atoms with Crippen LogP contribution >= 0.6 is 0 Å². The summed E-state index contributed by atoms with van der Waals surface area (Å²) in [5.41, 5.74) is -1.47. The summed E-state index contributed by atoms with van der Waals surface area (Å²) in [5.74, 6) is -0.446. The second-order valence-electron chi connectivity index (χ2n) is 9.13. The van der Waals surface area contributed by atoms with Crippen LogP contribution in [-0.2, 0) is 28.6 Å². The van der Waals surface area contributed by atoms with Crippen molar-refractivity contribution in [2.24, 2.45) is 11.3 Å². The highest BCUT2D eigenvalue weighted by Crippen LogP contribution is 2.65. The zero-order valence-electron chi connectivity index (χ0n) is 16.2. The second-order valence-corrected chi connectivity index (χ2v) is 9.13. The summed E-state index contributed by atoms with van der Waals surface area (Å²) in [7, 11) is 0. The number of hydrogen-bond donors (Lipinski definition) is 0. The molecule has 4 aliphatic rings. The van der Waals surface area contributed by atoms with Gasteiger partial charge in [0.05, 0.1) is 24.4 Å². The standard InChI is InChI=1S/C21H30O6/c1-18(9-11-23)17(4-6-21(18)25-12-13-26-21)20-8-7-19(27-20,5-2-3-10-22)14-16(24)15-20/h10-11,17H,2-9,12-15H2,1H3/t17-,18+,19+,20-/m1/s1. The minimum atomic E-state index is -0.736. The number of carbonyl (C=O) groups excluding carboxylic acids is 3. The van der Waals surface area contributed by atoms with Crippen LogP contribution in [0.25, 0.3) is 0 Å². The molecule has 0 amide bonds. The zero-order valence-corrected chi connectivity index (χ0v) is 16.2. The number of fused-ring (bicyclic) bond motifs is 2. The molecule has 0 N–H and O–H groups in total. The van der Waals surface area contributed by atoms with Crippen molar-refractivity contribution in [3.8, 4) is 0 Å². The Morgan fingerprint density at radius 1 is 1.07 bits per heavy atom. The molecule has 1 spiro atoms. The fraction of sp³-hybridized carbons (Fsp3) is 0.857. The van der Waals surface area contributed by atoms with Gasteiger partial charge in [0.1, 0.15) is 18.4 Å². The highest BCUT2D eigenvalue weighted by Gasteiger charge is 2.69. The van der Waals surface area contributed by atoms with E-state index in [-0.39, 0.29) is 11.7 Å². The first kappa shape index (κ1) is 19.2. The first-order valence-corrected chi connectivity index (χ1v) is 10.3. The van der Waals surface area contributed by atoms with Crippen LogP contribution in [0.15, 0.2) is 0 Å². The van der Waals surface area contributed by atoms with Crippen LogP contribution in [0.5, 0.6) is 0 Å². The molecule has 3 heterocycles. The topological polar surface area (TPSA) is 78.9 Å². The van der Waals surface area contributed by atoms with Crippen LogP contribution in [0.2, 0.25) is 0 Å². The van der Waals surface area contributed by atoms with Crippen LogP contribution in [0.1, 0.15) is 71.1 Å². The van der Waals surface area contributed by atoms with E-state index in [1.165, 1.54) is 0 Å². The average Bonchev–Trinajstić information content (AvgIpc) is 3.28. The number of aldehydes is 2. The smallest absolute Gasteiger partial charge is 0.174 e. The summed E-state index contributed by atoms with van der Waals surface area (Å²) < 4.78 is 18.9. The molecule has 0 unspecified atom stereocenters. The van der Waals surface area contributed by atoms with Crippen molar-refractivity contribution in [1.29, 1.82) is 0 Å². The predicted molar refractivity (Wildman–Crippen MR) is 96.1 cm³/mol. The maximum atomic E-state index is 12.7. The van der Waals surface area contributed by atoms with Gasteiger partial charge in [0.2, 0.25) is 0 Å². The van der Waals surface area contributed by atoms with Crippen molar-refractivity contribution < 1.29 is 28.6 Å². The number of ketones is 1. The summed E-state index contributed by atoms with van der Waals surface area (Å²) in [6.45, 7) is 3.17. The van der Waals surface area contributed by atoms with E-state index in [1.807, 2.05) is 0 Å². The lowest BCUT2D eigenvalue weighted by Crippen LogP contribution is -2.56. The Morgan fingerprint density at radius 3 is 2.56 bits per heavy atom. The van der Waals surface area contributed by atoms with Gasteiger partial charge in [0, 0.05) is 37.5 Å². The minimum Gasteiger partial charge on any atom is -0.367 e. The molecule has 0 aromatic rings. The van der Waals surface area contributed by atoms with Gasteiger partial charge in [-0.15, -0.1) is 0 Å². The van der Waals surface area contributed by atoms with Gasteiger partial charge in [-0.05, 0) is 38.0 Å². The largest absolute Gasteiger partial charge is 0.367 e. The molecule has 6 nitrogen and oxygen atoms in total. The summed E-state index contributed by atoms with van der Waals surface area (Å²) in [6.07, 6.45) is 8.34. The van der Waals surface area contributed by atoms with E-state index in [1.54, 1.807) is 0 Å². The maximum Gasteiger partial charge on any atom is 0.174 e. The van der Waals surface area contributed by atoms with E-state index in [0.29, 0.717) is 38.9 Å². The van der Waals surface area contributed by atoms with Crippen LogP contribution in [0.4, 0.5) is 0 Å². The molecule has 4 atom stereocenters. The third kappa shape index (κ3) is 2.83. The molecule has 3 saturated heterocycles. The quantitative estimate of drug-likeness (QED) is 0.501. The fourth-order valence-corrected chi connectivity index (χ4v) is 6.56. The van der Waals surface area contributed by atoms with E-state index < -0.39 is 22.4 Å². The molecule has 6 heteroatoms. The Balaban J connectivity index is 1.64. The van der Waals surface area contributed by atoms with Crippen molar-refractivity contribution in [2.45, 2.75) is 88.1 Å². The number of rotatable bonds is 7. The van der Waals surface area contributed by atoms with Crippen LogP contribution in [0.3, 0.4) is 0 Å². The van der Waals surface area contributed by atoms with Gasteiger partial charge < -0.3 is 23.8 Å². The fourth-order valence-electron chi connectivity index (χ4n) is 6.56. The highest BCUT2D eigenvalue weighted by atomic mass is 16.7. The van der Waals surface area contributed by atoms with Crippen molar-refractivity contribution in [2.75, 3.05) is 13.2 Å². The Labute approximate surface area is 160 Å².